The summed E-state index contributed by atoms with van der Waals surface area (Å²) in [4.78, 5) is 0. The van der Waals surface area contributed by atoms with Gasteiger partial charge >= 0.3 is 0 Å². The van der Waals surface area contributed by atoms with Crippen LogP contribution in [0.2, 0.25) is 58.9 Å². The smallest absolute Gasteiger partial charge is 0.184 e. The molecule has 1 aliphatic rings. The maximum Gasteiger partial charge on any atom is 0.184 e. The monoisotopic (exact) mass is 490 g/mol. The van der Waals surface area contributed by atoms with Crippen LogP contribution in [0.1, 0.15) is 6.92 Å². The van der Waals surface area contributed by atoms with E-state index in [2.05, 4.69) is 81.5 Å². The van der Waals surface area contributed by atoms with E-state index < -0.39 is 51.2 Å². The first-order valence-corrected chi connectivity index (χ1v) is 19.8. The van der Waals surface area contributed by atoms with E-state index in [4.69, 9.17) is 9.16 Å². The third kappa shape index (κ3) is 3.69. The van der Waals surface area contributed by atoms with Crippen LogP contribution >= 0.6 is 22.6 Å². The number of alkyl halides is 1. The van der Waals surface area contributed by atoms with Gasteiger partial charge in [-0.2, -0.15) is 0 Å². The van der Waals surface area contributed by atoms with Crippen molar-refractivity contribution in [1.29, 1.82) is 0 Å². The van der Waals surface area contributed by atoms with Crippen molar-refractivity contribution in [3.05, 3.63) is 0 Å². The van der Waals surface area contributed by atoms with Gasteiger partial charge in [0.2, 0.25) is 0 Å². The summed E-state index contributed by atoms with van der Waals surface area (Å²) in [5, 5.41) is 21.1. The van der Waals surface area contributed by atoms with Gasteiger partial charge in [-0.25, -0.2) is 0 Å². The Morgan fingerprint density at radius 3 is 1.65 bits per heavy atom. The van der Waals surface area contributed by atoms with Crippen molar-refractivity contribution in [3.8, 4) is 0 Å². The van der Waals surface area contributed by atoms with Gasteiger partial charge in [-0.1, -0.05) is 39.3 Å². The van der Waals surface area contributed by atoms with Gasteiger partial charge in [0.1, 0.15) is 20.7 Å². The maximum atomic E-state index is 11.3. The van der Waals surface area contributed by atoms with E-state index in [9.17, 15) is 10.2 Å². The number of rotatable bonds is 4. The molecule has 0 aromatic heterocycles. The molecule has 4 nitrogen and oxygen atoms in total. The molecule has 1 aliphatic heterocycles. The zero-order valence-electron chi connectivity index (χ0n) is 16.3. The molecule has 1 rings (SSSR count). The van der Waals surface area contributed by atoms with E-state index in [0.29, 0.717) is 0 Å². The first-order valence-electron chi connectivity index (χ1n) is 8.34. The van der Waals surface area contributed by atoms with Gasteiger partial charge in [-0.3, -0.25) is 0 Å². The summed E-state index contributed by atoms with van der Waals surface area (Å²) in [6, 6.07) is 0. The van der Waals surface area contributed by atoms with Crippen LogP contribution in [0, 0.1) is 0 Å². The number of hydrogen-bond acceptors (Lipinski definition) is 4. The van der Waals surface area contributed by atoms with Crippen LogP contribution < -0.4 is 0 Å². The highest BCUT2D eigenvalue weighted by molar-refractivity contribution is 14.1. The number of halogens is 1. The lowest BCUT2D eigenvalue weighted by Crippen LogP contribution is -2.85. The molecule has 8 heteroatoms. The Morgan fingerprint density at radius 1 is 0.913 bits per heavy atom. The Morgan fingerprint density at radius 2 is 1.35 bits per heavy atom. The summed E-state index contributed by atoms with van der Waals surface area (Å²) in [5.41, 5.74) is 0. The fourth-order valence-corrected chi connectivity index (χ4v) is 16.6. The molecule has 1 fully saturated rings. The summed E-state index contributed by atoms with van der Waals surface area (Å²) in [5.74, 6) is 0. The summed E-state index contributed by atoms with van der Waals surface area (Å²) >= 11 is 2.42. The van der Waals surface area contributed by atoms with Gasteiger partial charge < -0.3 is 19.4 Å². The molecule has 0 radical (unpaired) electrons. The van der Waals surface area contributed by atoms with Gasteiger partial charge in [0.15, 0.2) is 8.32 Å². The van der Waals surface area contributed by atoms with E-state index >= 15 is 0 Å². The largest absolute Gasteiger partial charge is 0.409 e. The van der Waals surface area contributed by atoms with Crippen molar-refractivity contribution >= 4 is 47.1 Å². The molecule has 1 heterocycles. The van der Waals surface area contributed by atoms with Gasteiger partial charge in [0.25, 0.3) is 0 Å². The Hall–Kier alpha value is 1.22. The summed E-state index contributed by atoms with van der Waals surface area (Å²) in [6.07, 6.45) is -2.24. The van der Waals surface area contributed by atoms with Crippen LogP contribution in [0.15, 0.2) is 0 Å². The number of ether oxygens (including phenoxy) is 1. The highest BCUT2D eigenvalue weighted by Gasteiger charge is 2.72. The molecule has 2 N–H and O–H groups in total. The fraction of sp³-hybridized carbons (Fsp3) is 1.00. The molecule has 0 aromatic rings. The standard InChI is InChI=1S/C15H35IO4Si3/c1-11-12(17)13(18)14(21(2,3)4,20-23(8,9)10)15(16,19-11)22(5,6)7/h11-13,17-18H,1-10H3/t11-,12+,13+,14+,15?/m1/s1. The first kappa shape index (κ1) is 22.3. The normalized spacial score (nSPS) is 40.3. The predicted octanol–water partition coefficient (Wildman–Crippen LogP) is 3.60. The lowest BCUT2D eigenvalue weighted by molar-refractivity contribution is -0.219. The van der Waals surface area contributed by atoms with Crippen molar-refractivity contribution in [2.45, 2.75) is 92.6 Å². The molecule has 0 aromatic carbocycles. The van der Waals surface area contributed by atoms with E-state index in [-0.39, 0.29) is 0 Å². The zero-order chi connectivity index (χ0) is 18.6. The molecule has 0 bridgehead atoms. The van der Waals surface area contributed by atoms with Gasteiger partial charge in [-0.05, 0) is 49.2 Å². The third-order valence-corrected chi connectivity index (χ3v) is 17.8. The van der Waals surface area contributed by atoms with Crippen molar-refractivity contribution in [1.82, 2.24) is 0 Å². The third-order valence-electron chi connectivity index (χ3n) is 4.59. The highest BCUT2D eigenvalue weighted by atomic mass is 127. The predicted molar refractivity (Wildman–Crippen MR) is 113 cm³/mol. The van der Waals surface area contributed by atoms with Crippen LogP contribution in [0.3, 0.4) is 0 Å². The van der Waals surface area contributed by atoms with Crippen LogP contribution in [-0.2, 0) is 9.16 Å². The Labute approximate surface area is 158 Å². The summed E-state index contributed by atoms with van der Waals surface area (Å²) in [6.45, 7) is 21.7. The Bertz CT molecular complexity index is 443. The van der Waals surface area contributed by atoms with Gasteiger partial charge in [0, 0.05) is 0 Å². The van der Waals surface area contributed by atoms with Gasteiger partial charge in [0.05, 0.1) is 22.3 Å². The maximum absolute atomic E-state index is 11.3. The van der Waals surface area contributed by atoms with Crippen LogP contribution in [-0.4, -0.2) is 61.4 Å². The zero-order valence-corrected chi connectivity index (χ0v) is 21.5. The second kappa shape index (κ2) is 6.43. The first-order chi connectivity index (χ1) is 9.91. The van der Waals surface area contributed by atoms with Crippen molar-refractivity contribution in [3.63, 3.8) is 0 Å². The van der Waals surface area contributed by atoms with E-state index in [0.717, 1.165) is 0 Å². The van der Waals surface area contributed by atoms with Crippen LogP contribution in [0.5, 0.6) is 0 Å². The Balaban J connectivity index is 3.74. The molecular weight excluding hydrogens is 455 g/mol. The van der Waals surface area contributed by atoms with E-state index in [1.54, 1.807) is 0 Å². The Kier molecular flexibility index (Phi) is 6.23. The highest BCUT2D eigenvalue weighted by Crippen LogP contribution is 2.55. The molecule has 0 saturated carbocycles. The molecule has 1 unspecified atom stereocenters. The van der Waals surface area contributed by atoms with Crippen molar-refractivity contribution in [2.24, 2.45) is 0 Å². The second-order valence-corrected chi connectivity index (χ2v) is 27.2. The molecule has 5 atom stereocenters. The van der Waals surface area contributed by atoms with Crippen molar-refractivity contribution < 1.29 is 19.4 Å². The average molecular weight is 491 g/mol. The van der Waals surface area contributed by atoms with Gasteiger partial charge in [-0.15, -0.1) is 0 Å². The molecule has 0 aliphatic carbocycles. The van der Waals surface area contributed by atoms with E-state index in [1.165, 1.54) is 0 Å². The number of hydrogen-bond donors (Lipinski definition) is 2. The lowest BCUT2D eigenvalue weighted by atomic mass is 10.00. The van der Waals surface area contributed by atoms with Crippen LogP contribution in [0.25, 0.3) is 0 Å². The summed E-state index contributed by atoms with van der Waals surface area (Å²) < 4.78 is 12.7. The lowest BCUT2D eigenvalue weighted by Gasteiger charge is -2.65. The SMILES string of the molecule is C[C@H]1OC(I)([Si](C)(C)C)[C@@](O[Si](C)(C)C)([Si](C)(C)C)[C@@H](O)[C@H]1O. The molecule has 23 heavy (non-hydrogen) atoms. The minimum atomic E-state index is -2.09. The molecule has 0 amide bonds. The minimum absolute atomic E-state index is 0.400. The number of aliphatic hydroxyl groups is 2. The second-order valence-electron chi connectivity index (χ2n) is 9.80. The molecular formula is C15H35IO4Si3. The summed E-state index contributed by atoms with van der Waals surface area (Å²) in [7, 11) is -5.99. The molecule has 0 spiro atoms. The topological polar surface area (TPSA) is 58.9 Å². The van der Waals surface area contributed by atoms with E-state index in [1.807, 2.05) is 6.92 Å². The minimum Gasteiger partial charge on any atom is -0.409 e. The molecule has 138 valence electrons. The average Bonchev–Trinajstić information content (AvgIpc) is 2.27. The fourth-order valence-electron chi connectivity index (χ4n) is 3.52. The van der Waals surface area contributed by atoms with Crippen molar-refractivity contribution in [2.75, 3.05) is 0 Å². The quantitative estimate of drug-likeness (QED) is 0.359. The molecule has 1 saturated heterocycles. The number of aliphatic hydroxyl groups excluding tert-OH is 2. The van der Waals surface area contributed by atoms with Crippen LogP contribution in [0.4, 0.5) is 0 Å².